The maximum atomic E-state index is 12.9. The Hall–Kier alpha value is -4.05. The van der Waals surface area contributed by atoms with Gasteiger partial charge < -0.3 is 33.3 Å². The topological polar surface area (TPSA) is 111 Å². The van der Waals surface area contributed by atoms with Crippen molar-refractivity contribution in [3.05, 3.63) is 109 Å². The van der Waals surface area contributed by atoms with E-state index >= 15 is 0 Å². The molecule has 0 aromatic carbocycles. The van der Waals surface area contributed by atoms with E-state index in [4.69, 9.17) is 18.9 Å². The molecule has 0 aliphatic rings. The van der Waals surface area contributed by atoms with Gasteiger partial charge in [-0.1, -0.05) is 258 Å². The molecule has 0 aromatic heterocycles. The molecule has 0 fully saturated rings. The van der Waals surface area contributed by atoms with Crippen molar-refractivity contribution in [2.45, 2.75) is 270 Å². The minimum Gasteiger partial charge on any atom is -0.545 e. The zero-order valence-corrected chi connectivity index (χ0v) is 51.5. The monoisotopic (exact) mass is 1100 g/mol. The van der Waals surface area contributed by atoms with Crippen LogP contribution in [0.1, 0.15) is 258 Å². The fourth-order valence-corrected chi connectivity index (χ4v) is 8.67. The average molecular weight is 1100 g/mol. The van der Waals surface area contributed by atoms with Gasteiger partial charge >= 0.3 is 11.9 Å². The van der Waals surface area contributed by atoms with Gasteiger partial charge in [0.05, 0.1) is 40.3 Å². The Balaban J connectivity index is 4.19. The molecule has 0 aliphatic carbocycles. The Morgan fingerprint density at radius 3 is 1.01 bits per heavy atom. The normalized spacial score (nSPS) is 13.5. The number of esters is 2. The molecule has 9 nitrogen and oxygen atoms in total. The first kappa shape index (κ1) is 75.0. The van der Waals surface area contributed by atoms with Gasteiger partial charge in [-0.05, 0) is 96.3 Å². The highest BCUT2D eigenvalue weighted by molar-refractivity contribution is 5.70. The predicted octanol–water partition coefficient (Wildman–Crippen LogP) is 18.1. The van der Waals surface area contributed by atoms with E-state index in [1.807, 2.05) is 21.1 Å². The van der Waals surface area contributed by atoms with Crippen LogP contribution in [0.3, 0.4) is 0 Å². The molecule has 0 saturated heterocycles. The molecular weight excluding hydrogens is 983 g/mol. The molecule has 9 heteroatoms. The van der Waals surface area contributed by atoms with Crippen LogP contribution in [0.25, 0.3) is 0 Å². The van der Waals surface area contributed by atoms with Crippen molar-refractivity contribution in [2.24, 2.45) is 0 Å². The molecule has 452 valence electrons. The minimum absolute atomic E-state index is 0.143. The summed E-state index contributed by atoms with van der Waals surface area (Å²) in [5, 5.41) is 11.8. The number of allylic oxidation sites excluding steroid dienone is 18. The lowest BCUT2D eigenvalue weighted by atomic mass is 10.0. The highest BCUT2D eigenvalue weighted by Crippen LogP contribution is 2.16. The highest BCUT2D eigenvalue weighted by atomic mass is 16.7. The lowest BCUT2D eigenvalue weighted by Crippen LogP contribution is -2.44. The first-order chi connectivity index (χ1) is 38.6. The molecule has 79 heavy (non-hydrogen) atoms. The zero-order chi connectivity index (χ0) is 57.6. The fraction of sp³-hybridized carbons (Fsp3) is 0.700. The Morgan fingerprint density at radius 2 is 0.684 bits per heavy atom. The van der Waals surface area contributed by atoms with E-state index < -0.39 is 24.3 Å². The number of carboxylic acid groups (broad SMARTS) is 1. The summed E-state index contributed by atoms with van der Waals surface area (Å²) in [5.41, 5.74) is 0. The van der Waals surface area contributed by atoms with E-state index in [0.29, 0.717) is 17.4 Å². The summed E-state index contributed by atoms with van der Waals surface area (Å²) in [7, 11) is 5.92. The Morgan fingerprint density at radius 1 is 0.380 bits per heavy atom. The molecular formula is C70H119NO8. The maximum Gasteiger partial charge on any atom is 0.306 e. The van der Waals surface area contributed by atoms with Crippen LogP contribution in [0, 0.1) is 0 Å². The molecule has 0 spiro atoms. The van der Waals surface area contributed by atoms with Crippen molar-refractivity contribution in [3.8, 4) is 0 Å². The molecule has 0 bridgehead atoms. The summed E-state index contributed by atoms with van der Waals surface area (Å²) in [4.78, 5) is 37.4. The van der Waals surface area contributed by atoms with Crippen molar-refractivity contribution in [1.29, 1.82) is 0 Å². The number of ether oxygens (including phenoxy) is 4. The summed E-state index contributed by atoms with van der Waals surface area (Å²) in [5.74, 6) is -2.29. The van der Waals surface area contributed by atoms with Gasteiger partial charge in [-0.15, -0.1) is 0 Å². The quantitative estimate of drug-likeness (QED) is 0.0195. The average Bonchev–Trinajstić information content (AvgIpc) is 3.42. The van der Waals surface area contributed by atoms with Gasteiger partial charge in [-0.2, -0.15) is 0 Å². The van der Waals surface area contributed by atoms with Crippen molar-refractivity contribution < 1.29 is 42.9 Å². The van der Waals surface area contributed by atoms with E-state index in [1.165, 1.54) is 122 Å². The van der Waals surface area contributed by atoms with Crippen LogP contribution in [0.2, 0.25) is 0 Å². The van der Waals surface area contributed by atoms with E-state index in [0.717, 1.165) is 103 Å². The van der Waals surface area contributed by atoms with Crippen molar-refractivity contribution in [1.82, 2.24) is 0 Å². The standard InChI is InChI=1S/C70H119NO8/c1-6-8-10-12-14-16-18-20-22-24-26-28-30-32-34-36-38-40-42-44-46-48-50-52-54-56-58-60-67(72)77-64-66(65-78-70(69(74)75)76-63-62-71(3,4)5)79-68(73)61-59-57-55-53-51-49-47-45-43-41-39-37-35-33-31-29-27-25-23-21-19-17-15-13-11-9-7-2/h8-11,14-17,20-23,26-29,33,35,66,70H,6-7,12-13,18-19,24-25,30-32,34,36-65H2,1-5H3/b10-8-,11-9-,16-14-,17-15-,22-20-,23-21-,28-26-,29-27-,35-33-. The van der Waals surface area contributed by atoms with Gasteiger partial charge in [-0.25, -0.2) is 0 Å². The number of hydrogen-bond acceptors (Lipinski definition) is 8. The summed E-state index contributed by atoms with van der Waals surface area (Å²) >= 11 is 0. The van der Waals surface area contributed by atoms with E-state index in [9.17, 15) is 19.5 Å². The molecule has 0 rings (SSSR count). The third-order valence-electron chi connectivity index (χ3n) is 13.5. The summed E-state index contributed by atoms with van der Waals surface area (Å²) < 4.78 is 22.8. The van der Waals surface area contributed by atoms with Crippen LogP contribution in [0.15, 0.2) is 109 Å². The van der Waals surface area contributed by atoms with Crippen molar-refractivity contribution >= 4 is 17.9 Å². The van der Waals surface area contributed by atoms with Crippen LogP contribution in [0.4, 0.5) is 0 Å². The Bertz CT molecular complexity index is 1660. The summed E-state index contributed by atoms with van der Waals surface area (Å²) in [6, 6.07) is 0. The lowest BCUT2D eigenvalue weighted by Gasteiger charge is -2.26. The molecule has 0 radical (unpaired) electrons. The van der Waals surface area contributed by atoms with Gasteiger partial charge in [0.15, 0.2) is 12.4 Å². The third-order valence-corrected chi connectivity index (χ3v) is 13.5. The van der Waals surface area contributed by atoms with Crippen molar-refractivity contribution in [2.75, 3.05) is 47.5 Å². The van der Waals surface area contributed by atoms with E-state index in [1.54, 1.807) is 0 Å². The van der Waals surface area contributed by atoms with Crippen LogP contribution in [0.5, 0.6) is 0 Å². The number of carbonyl (C=O) groups is 3. The largest absolute Gasteiger partial charge is 0.545 e. The fourth-order valence-electron chi connectivity index (χ4n) is 8.67. The summed E-state index contributed by atoms with van der Waals surface area (Å²) in [6.45, 7) is 4.53. The van der Waals surface area contributed by atoms with Gasteiger partial charge in [0, 0.05) is 12.8 Å². The van der Waals surface area contributed by atoms with E-state index in [-0.39, 0.29) is 38.6 Å². The first-order valence-corrected chi connectivity index (χ1v) is 32.0. The van der Waals surface area contributed by atoms with Crippen molar-refractivity contribution in [3.63, 3.8) is 0 Å². The molecule has 0 N–H and O–H groups in total. The number of carbonyl (C=O) groups excluding carboxylic acids is 3. The second-order valence-electron chi connectivity index (χ2n) is 22.3. The maximum absolute atomic E-state index is 12.9. The van der Waals surface area contributed by atoms with Crippen LogP contribution < -0.4 is 5.11 Å². The first-order valence-electron chi connectivity index (χ1n) is 32.0. The predicted molar refractivity (Wildman–Crippen MR) is 333 cm³/mol. The number of likely N-dealkylation sites (N-methyl/N-ethyl adjacent to an activating group) is 1. The van der Waals surface area contributed by atoms with Gasteiger partial charge in [-0.3, -0.25) is 9.59 Å². The number of quaternary nitrogens is 1. The Kier molecular flexibility index (Phi) is 57.0. The number of carboxylic acids is 1. The molecule has 0 heterocycles. The van der Waals surface area contributed by atoms with Gasteiger partial charge in [0.1, 0.15) is 13.2 Å². The van der Waals surface area contributed by atoms with Crippen LogP contribution >= 0.6 is 0 Å². The smallest absolute Gasteiger partial charge is 0.306 e. The van der Waals surface area contributed by atoms with Gasteiger partial charge in [0.25, 0.3) is 0 Å². The van der Waals surface area contributed by atoms with Crippen LogP contribution in [-0.2, 0) is 33.3 Å². The molecule has 0 aromatic rings. The molecule has 0 saturated carbocycles. The molecule has 0 aliphatic heterocycles. The minimum atomic E-state index is -1.63. The number of rotatable bonds is 58. The summed E-state index contributed by atoms with van der Waals surface area (Å²) in [6.07, 6.45) is 80.0. The second kappa shape index (κ2) is 60.1. The highest BCUT2D eigenvalue weighted by Gasteiger charge is 2.22. The Labute approximate surface area is 485 Å². The molecule has 0 amide bonds. The number of nitrogens with zero attached hydrogens (tertiary/aromatic N) is 1. The van der Waals surface area contributed by atoms with E-state index in [2.05, 4.69) is 123 Å². The van der Waals surface area contributed by atoms with Crippen LogP contribution in [-0.4, -0.2) is 82.3 Å². The van der Waals surface area contributed by atoms with Gasteiger partial charge in [0.2, 0.25) is 0 Å². The number of aliphatic carboxylic acids is 1. The SMILES string of the molecule is CC/C=C\C/C=C\C/C=C\C/C=C\C/C=C\CCCCCCCCCCCCCC(=O)OC(COC(=O)CCCCCCCCCCCCCCCC/C=C\C/C=C\C/C=C\C/C=C\CC)COC(OCC[N+](C)(C)C)C(=O)[O-]. The molecule has 2 atom stereocenters. The lowest BCUT2D eigenvalue weighted by molar-refractivity contribution is -0.870. The molecule has 2 unspecified atom stereocenters. The number of hydrogen-bond donors (Lipinski definition) is 0. The second-order valence-corrected chi connectivity index (χ2v) is 22.3. The number of unbranched alkanes of at least 4 members (excludes halogenated alkanes) is 25. The third kappa shape index (κ3) is 61.4. The zero-order valence-electron chi connectivity index (χ0n) is 51.5.